The van der Waals surface area contributed by atoms with Crippen LogP contribution in [0.2, 0.25) is 0 Å². The van der Waals surface area contributed by atoms with Crippen molar-refractivity contribution in [2.45, 2.75) is 44.8 Å². The van der Waals surface area contributed by atoms with E-state index in [1.807, 2.05) is 43.3 Å². The molecule has 0 bridgehead atoms. The molecular formula is C21H27NO2. The van der Waals surface area contributed by atoms with Gasteiger partial charge in [0.2, 0.25) is 0 Å². The number of hydrogen-bond acceptors (Lipinski definition) is 2. The molecule has 3 heteroatoms. The van der Waals surface area contributed by atoms with E-state index in [0.717, 1.165) is 12.0 Å². The normalized spacial score (nSPS) is 14.0. The molecule has 2 atom stereocenters. The quantitative estimate of drug-likeness (QED) is 0.826. The fourth-order valence-electron chi connectivity index (χ4n) is 3.16. The third-order valence-corrected chi connectivity index (χ3v) is 4.34. The summed E-state index contributed by atoms with van der Waals surface area (Å²) in [6.45, 7) is 6.45. The van der Waals surface area contributed by atoms with Crippen LogP contribution in [0.25, 0.3) is 0 Å². The molecule has 2 aromatic carbocycles. The molecule has 0 saturated carbocycles. The minimum Gasteiger partial charge on any atom is -0.367 e. The molecule has 1 N–H and O–H groups in total. The molecule has 2 unspecified atom stereocenters. The van der Waals surface area contributed by atoms with E-state index >= 15 is 0 Å². The maximum absolute atomic E-state index is 12.6. The molecule has 0 spiro atoms. The highest BCUT2D eigenvalue weighted by molar-refractivity contribution is 5.82. The molecule has 24 heavy (non-hydrogen) atoms. The Kier molecular flexibility index (Phi) is 6.16. The molecule has 0 aromatic heterocycles. The van der Waals surface area contributed by atoms with Crippen LogP contribution in [0.3, 0.4) is 0 Å². The Morgan fingerprint density at radius 1 is 1.04 bits per heavy atom. The summed E-state index contributed by atoms with van der Waals surface area (Å²) < 4.78 is 5.40. The molecule has 1 amide bonds. The number of carbonyl (C=O) groups excluding carboxylic acids is 1. The second-order valence-electron chi connectivity index (χ2n) is 6.89. The van der Waals surface area contributed by atoms with Crippen molar-refractivity contribution in [3.05, 3.63) is 71.8 Å². The maximum Gasteiger partial charge on any atom is 0.253 e. The first kappa shape index (κ1) is 18.2. The number of carbonyl (C=O) groups is 1. The molecule has 128 valence electrons. The Hall–Kier alpha value is -2.13. The van der Waals surface area contributed by atoms with E-state index < -0.39 is 6.10 Å². The van der Waals surface area contributed by atoms with Crippen molar-refractivity contribution in [2.24, 2.45) is 0 Å². The monoisotopic (exact) mass is 325 g/mol. The molecule has 0 aliphatic rings. The van der Waals surface area contributed by atoms with Gasteiger partial charge >= 0.3 is 0 Å². The van der Waals surface area contributed by atoms with Crippen LogP contribution in [-0.4, -0.2) is 19.1 Å². The minimum atomic E-state index is -0.575. The summed E-state index contributed by atoms with van der Waals surface area (Å²) in [6.07, 6.45) is 0.280. The lowest BCUT2D eigenvalue weighted by Gasteiger charge is -2.30. The van der Waals surface area contributed by atoms with Gasteiger partial charge in [-0.1, -0.05) is 74.5 Å². The van der Waals surface area contributed by atoms with Crippen molar-refractivity contribution in [2.75, 3.05) is 7.11 Å². The first-order valence-corrected chi connectivity index (χ1v) is 8.37. The molecule has 2 rings (SSSR count). The number of ether oxygens (including phenoxy) is 1. The Morgan fingerprint density at radius 3 is 2.12 bits per heavy atom. The highest BCUT2D eigenvalue weighted by atomic mass is 16.5. The standard InChI is InChI=1S/C21H27NO2/c1-16(15-21(2,3)18-13-9-6-10-14-18)22-20(23)19(24-4)17-11-7-5-8-12-17/h5-14,16,19H,15H2,1-4H3,(H,22,23). The molecule has 0 saturated heterocycles. The summed E-state index contributed by atoms with van der Waals surface area (Å²) in [6, 6.07) is 20.0. The van der Waals surface area contributed by atoms with E-state index in [4.69, 9.17) is 4.74 Å². The zero-order valence-electron chi connectivity index (χ0n) is 15.0. The number of rotatable bonds is 7. The second kappa shape index (κ2) is 8.11. The molecular weight excluding hydrogens is 298 g/mol. The van der Waals surface area contributed by atoms with Crippen molar-refractivity contribution in [1.29, 1.82) is 0 Å². The summed E-state index contributed by atoms with van der Waals surface area (Å²) in [5.74, 6) is -0.0972. The van der Waals surface area contributed by atoms with E-state index in [0.29, 0.717) is 0 Å². The Bertz CT molecular complexity index is 637. The van der Waals surface area contributed by atoms with Crippen LogP contribution in [0.15, 0.2) is 60.7 Å². The van der Waals surface area contributed by atoms with Crippen molar-refractivity contribution in [3.63, 3.8) is 0 Å². The smallest absolute Gasteiger partial charge is 0.253 e. The van der Waals surface area contributed by atoms with Gasteiger partial charge in [0, 0.05) is 13.2 Å². The Balaban J connectivity index is 2.01. The van der Waals surface area contributed by atoms with Gasteiger partial charge in [0.25, 0.3) is 5.91 Å². The van der Waals surface area contributed by atoms with Crippen LogP contribution < -0.4 is 5.32 Å². The summed E-state index contributed by atoms with van der Waals surface area (Å²) in [5, 5.41) is 3.09. The fraction of sp³-hybridized carbons (Fsp3) is 0.381. The van der Waals surface area contributed by atoms with Gasteiger partial charge in [0.05, 0.1) is 0 Å². The Morgan fingerprint density at radius 2 is 1.58 bits per heavy atom. The zero-order valence-corrected chi connectivity index (χ0v) is 15.0. The average Bonchev–Trinajstić information content (AvgIpc) is 2.56. The summed E-state index contributed by atoms with van der Waals surface area (Å²) in [4.78, 5) is 12.6. The van der Waals surface area contributed by atoms with Crippen molar-refractivity contribution in [1.82, 2.24) is 5.32 Å². The summed E-state index contributed by atoms with van der Waals surface area (Å²) in [7, 11) is 1.57. The zero-order chi connectivity index (χ0) is 17.6. The SMILES string of the molecule is COC(C(=O)NC(C)CC(C)(C)c1ccccc1)c1ccccc1. The molecule has 2 aromatic rings. The summed E-state index contributed by atoms with van der Waals surface area (Å²) >= 11 is 0. The van der Waals surface area contributed by atoms with Crippen LogP contribution in [0.5, 0.6) is 0 Å². The van der Waals surface area contributed by atoms with Gasteiger partial charge in [-0.2, -0.15) is 0 Å². The van der Waals surface area contributed by atoms with Crippen molar-refractivity contribution in [3.8, 4) is 0 Å². The van der Waals surface area contributed by atoms with Crippen LogP contribution in [-0.2, 0) is 14.9 Å². The minimum absolute atomic E-state index is 0.0106. The molecule has 0 radical (unpaired) electrons. The fourth-order valence-corrected chi connectivity index (χ4v) is 3.16. The predicted octanol–water partition coefficient (Wildman–Crippen LogP) is 4.25. The second-order valence-corrected chi connectivity index (χ2v) is 6.89. The van der Waals surface area contributed by atoms with Gasteiger partial charge in [0.1, 0.15) is 0 Å². The van der Waals surface area contributed by atoms with Crippen molar-refractivity contribution < 1.29 is 9.53 Å². The number of nitrogens with one attached hydrogen (secondary N) is 1. The van der Waals surface area contributed by atoms with Gasteiger partial charge < -0.3 is 10.1 Å². The predicted molar refractivity (Wildman–Crippen MR) is 97.9 cm³/mol. The van der Waals surface area contributed by atoms with Gasteiger partial charge in [-0.3, -0.25) is 4.79 Å². The van der Waals surface area contributed by atoms with Crippen LogP contribution >= 0.6 is 0 Å². The van der Waals surface area contributed by atoms with E-state index in [1.54, 1.807) is 7.11 Å². The molecule has 0 fully saturated rings. The first-order chi connectivity index (χ1) is 11.4. The molecule has 0 aliphatic heterocycles. The summed E-state index contributed by atoms with van der Waals surface area (Å²) in [5.41, 5.74) is 2.13. The number of hydrogen-bond donors (Lipinski definition) is 1. The Labute approximate surface area is 145 Å². The average molecular weight is 325 g/mol. The van der Waals surface area contributed by atoms with E-state index in [9.17, 15) is 4.79 Å². The maximum atomic E-state index is 12.6. The van der Waals surface area contributed by atoms with Crippen LogP contribution in [0.4, 0.5) is 0 Å². The highest BCUT2D eigenvalue weighted by Crippen LogP contribution is 2.28. The topological polar surface area (TPSA) is 38.3 Å². The third-order valence-electron chi connectivity index (χ3n) is 4.34. The van der Waals surface area contributed by atoms with Gasteiger partial charge in [-0.25, -0.2) is 0 Å². The molecule has 0 heterocycles. The lowest BCUT2D eigenvalue weighted by Crippen LogP contribution is -2.40. The van der Waals surface area contributed by atoms with E-state index in [-0.39, 0.29) is 17.4 Å². The van der Waals surface area contributed by atoms with E-state index in [1.165, 1.54) is 5.56 Å². The highest BCUT2D eigenvalue weighted by Gasteiger charge is 2.26. The lowest BCUT2D eigenvalue weighted by atomic mass is 9.79. The lowest BCUT2D eigenvalue weighted by molar-refractivity contribution is -0.132. The van der Waals surface area contributed by atoms with Gasteiger partial charge in [-0.05, 0) is 29.9 Å². The third kappa shape index (κ3) is 4.68. The number of methoxy groups -OCH3 is 1. The first-order valence-electron chi connectivity index (χ1n) is 8.37. The van der Waals surface area contributed by atoms with Gasteiger partial charge in [0.15, 0.2) is 6.10 Å². The number of amides is 1. The van der Waals surface area contributed by atoms with Crippen molar-refractivity contribution >= 4 is 5.91 Å². The van der Waals surface area contributed by atoms with Gasteiger partial charge in [-0.15, -0.1) is 0 Å². The molecule has 3 nitrogen and oxygen atoms in total. The largest absolute Gasteiger partial charge is 0.367 e. The van der Waals surface area contributed by atoms with Crippen LogP contribution in [0.1, 0.15) is 44.4 Å². The molecule has 0 aliphatic carbocycles. The number of benzene rings is 2. The van der Waals surface area contributed by atoms with Crippen LogP contribution in [0, 0.1) is 0 Å². The van der Waals surface area contributed by atoms with E-state index in [2.05, 4.69) is 43.4 Å².